The van der Waals surface area contributed by atoms with Crippen LogP contribution in [0.15, 0.2) is 57.3 Å². The first kappa shape index (κ1) is 33.3. The number of aromatic amines is 1. The summed E-state index contributed by atoms with van der Waals surface area (Å²) in [5.74, 6) is -0.174. The highest BCUT2D eigenvalue weighted by molar-refractivity contribution is 7.14. The van der Waals surface area contributed by atoms with Gasteiger partial charge in [-0.05, 0) is 57.4 Å². The summed E-state index contributed by atoms with van der Waals surface area (Å²) in [6.45, 7) is 10.5. The number of carbonyl (C=O) groups is 2. The van der Waals surface area contributed by atoms with Crippen LogP contribution < -0.4 is 22.3 Å². The lowest BCUT2D eigenvalue weighted by atomic mass is 9.92. The number of piperidine rings is 1. The fraction of sp³-hybridized carbons (Fsp3) is 0.364. The molecule has 0 atom stereocenters. The number of hydrogen-bond acceptors (Lipinski definition) is 7. The van der Waals surface area contributed by atoms with Crippen LogP contribution in [0.25, 0.3) is 16.1 Å². The van der Waals surface area contributed by atoms with E-state index in [1.165, 1.54) is 28.3 Å². The van der Waals surface area contributed by atoms with E-state index in [2.05, 4.69) is 20.3 Å². The van der Waals surface area contributed by atoms with Gasteiger partial charge in [0.2, 0.25) is 5.91 Å². The van der Waals surface area contributed by atoms with Crippen molar-refractivity contribution in [2.24, 2.45) is 16.6 Å². The number of nitrogens with one attached hydrogen (secondary N) is 3. The largest absolute Gasteiger partial charge is 0.382 e. The number of anilines is 1. The third-order valence-electron chi connectivity index (χ3n) is 8.24. The molecule has 0 radical (unpaired) electrons. The van der Waals surface area contributed by atoms with Gasteiger partial charge in [0.25, 0.3) is 11.5 Å². The molecule has 246 valence electrons. The minimum absolute atomic E-state index is 0.0401. The van der Waals surface area contributed by atoms with E-state index in [-0.39, 0.29) is 35.2 Å². The number of H-pyrrole nitrogens is 1. The molecule has 0 aliphatic carbocycles. The van der Waals surface area contributed by atoms with E-state index in [0.29, 0.717) is 34.5 Å². The number of amidine groups is 1. The molecule has 5 rings (SSSR count). The predicted octanol–water partition coefficient (Wildman–Crippen LogP) is 4.27. The van der Waals surface area contributed by atoms with Gasteiger partial charge in [-0.1, -0.05) is 26.0 Å². The smallest absolute Gasteiger partial charge is 0.336 e. The van der Waals surface area contributed by atoms with Gasteiger partial charge in [0.1, 0.15) is 22.7 Å². The SMILES string of the molecule is Cc1ncc(-n2c(=O)c(C(=O)Nc3ccc(-c4cc(C5CCN(C(=O)C(C)C)CC5)[nH]c4C(N)=NC=N)cc3)cn(C(C)C)c2=O)s1. The standard InChI is InChI=1S/C33H39N9O4S/c1-18(2)31(44)40-12-10-22(11-13-40)26-14-24(28(39-26)29(35)37-17-34)21-6-8-23(9-7-21)38-30(43)25-16-41(19(3)4)33(46)42(32(25)45)27-15-36-20(5)47-27/h6-9,14-19,22,39H,10-13H2,1-5H3,(H,38,43)(H3,34,35,37). The highest BCUT2D eigenvalue weighted by Crippen LogP contribution is 2.34. The molecule has 1 fully saturated rings. The topological polar surface area (TPSA) is 184 Å². The Balaban J connectivity index is 1.41. The average Bonchev–Trinajstić information content (AvgIpc) is 3.68. The van der Waals surface area contributed by atoms with Crippen LogP contribution in [-0.4, -0.2) is 61.1 Å². The number of amides is 2. The van der Waals surface area contributed by atoms with E-state index in [9.17, 15) is 19.2 Å². The molecule has 0 spiro atoms. The molecule has 3 aromatic heterocycles. The van der Waals surface area contributed by atoms with E-state index in [0.717, 1.165) is 40.6 Å². The van der Waals surface area contributed by atoms with Crippen molar-refractivity contribution < 1.29 is 9.59 Å². The van der Waals surface area contributed by atoms with E-state index in [1.807, 2.05) is 36.9 Å². The number of aliphatic imine (C=N–C) groups is 1. The van der Waals surface area contributed by atoms with Crippen LogP contribution in [0.5, 0.6) is 0 Å². The molecule has 4 aromatic rings. The van der Waals surface area contributed by atoms with Gasteiger partial charge in [0, 0.05) is 54.1 Å². The maximum Gasteiger partial charge on any atom is 0.336 e. The molecule has 1 aliphatic rings. The molecular weight excluding hydrogens is 618 g/mol. The lowest BCUT2D eigenvalue weighted by Crippen LogP contribution is -2.42. The quantitative estimate of drug-likeness (QED) is 0.154. The van der Waals surface area contributed by atoms with Gasteiger partial charge in [-0.25, -0.2) is 19.3 Å². The number of aromatic nitrogens is 4. The van der Waals surface area contributed by atoms with Gasteiger partial charge in [-0.15, -0.1) is 11.3 Å². The van der Waals surface area contributed by atoms with Crippen LogP contribution in [0.4, 0.5) is 5.69 Å². The van der Waals surface area contributed by atoms with Crippen LogP contribution in [-0.2, 0) is 4.79 Å². The monoisotopic (exact) mass is 657 g/mol. The molecule has 0 unspecified atom stereocenters. The number of hydrogen-bond donors (Lipinski definition) is 4. The maximum absolute atomic E-state index is 13.4. The van der Waals surface area contributed by atoms with Crippen molar-refractivity contribution in [3.05, 3.63) is 85.5 Å². The second-order valence-corrected chi connectivity index (χ2v) is 13.3. The zero-order chi connectivity index (χ0) is 34.0. The van der Waals surface area contributed by atoms with Crippen molar-refractivity contribution in [1.29, 1.82) is 5.41 Å². The Hall–Kier alpha value is -5.11. The summed E-state index contributed by atoms with van der Waals surface area (Å²) < 4.78 is 2.34. The van der Waals surface area contributed by atoms with Crippen molar-refractivity contribution in [3.63, 3.8) is 0 Å². The number of carbonyl (C=O) groups excluding carboxylic acids is 2. The zero-order valence-corrected chi connectivity index (χ0v) is 27.9. The molecule has 1 aromatic carbocycles. The molecule has 0 saturated carbocycles. The van der Waals surface area contributed by atoms with E-state index in [1.54, 1.807) is 32.9 Å². The average molecular weight is 658 g/mol. The van der Waals surface area contributed by atoms with Gasteiger partial charge in [-0.2, -0.15) is 0 Å². The first-order valence-electron chi connectivity index (χ1n) is 15.5. The summed E-state index contributed by atoms with van der Waals surface area (Å²) in [6, 6.07) is 8.80. The lowest BCUT2D eigenvalue weighted by Gasteiger charge is -2.32. The van der Waals surface area contributed by atoms with Crippen LogP contribution in [0.1, 0.15) is 79.2 Å². The highest BCUT2D eigenvalue weighted by Gasteiger charge is 2.27. The number of thiazole rings is 1. The number of likely N-dealkylation sites (tertiary alicyclic amines) is 1. The van der Waals surface area contributed by atoms with Gasteiger partial charge < -0.3 is 20.9 Å². The fourth-order valence-corrected chi connectivity index (χ4v) is 6.48. The van der Waals surface area contributed by atoms with E-state index >= 15 is 0 Å². The molecule has 5 N–H and O–H groups in total. The number of aryl methyl sites for hydroxylation is 1. The molecule has 4 heterocycles. The number of nitrogens with two attached hydrogens (primary N) is 1. The summed E-state index contributed by atoms with van der Waals surface area (Å²) in [4.78, 5) is 66.0. The van der Waals surface area contributed by atoms with Crippen molar-refractivity contribution >= 4 is 41.0 Å². The molecule has 0 bridgehead atoms. The second kappa shape index (κ2) is 13.7. The molecule has 1 saturated heterocycles. The fourth-order valence-electron chi connectivity index (χ4n) is 5.71. The third kappa shape index (κ3) is 6.87. The van der Waals surface area contributed by atoms with Crippen molar-refractivity contribution in [1.82, 2.24) is 24.0 Å². The number of rotatable bonds is 9. The minimum atomic E-state index is -0.727. The molecule has 13 nitrogen and oxygen atoms in total. The van der Waals surface area contributed by atoms with Crippen LogP contribution in [0.2, 0.25) is 0 Å². The van der Waals surface area contributed by atoms with Crippen LogP contribution in [0, 0.1) is 18.3 Å². The number of nitrogens with zero attached hydrogens (tertiary/aromatic N) is 5. The molecule has 14 heteroatoms. The normalized spacial score (nSPS) is 14.2. The number of benzene rings is 1. The Morgan fingerprint density at radius 1 is 1.15 bits per heavy atom. The Morgan fingerprint density at radius 2 is 1.83 bits per heavy atom. The van der Waals surface area contributed by atoms with Crippen molar-refractivity contribution in [3.8, 4) is 16.1 Å². The van der Waals surface area contributed by atoms with E-state index < -0.39 is 17.2 Å². The van der Waals surface area contributed by atoms with Gasteiger partial charge >= 0.3 is 5.69 Å². The Morgan fingerprint density at radius 3 is 2.40 bits per heavy atom. The summed E-state index contributed by atoms with van der Waals surface area (Å²) in [6.07, 6.45) is 5.25. The second-order valence-electron chi connectivity index (χ2n) is 12.1. The van der Waals surface area contributed by atoms with Crippen molar-refractivity contribution in [2.75, 3.05) is 18.4 Å². The zero-order valence-electron chi connectivity index (χ0n) is 27.0. The van der Waals surface area contributed by atoms with Gasteiger partial charge in [0.05, 0.1) is 16.9 Å². The third-order valence-corrected chi connectivity index (χ3v) is 9.13. The van der Waals surface area contributed by atoms with Crippen molar-refractivity contribution in [2.45, 2.75) is 59.4 Å². The lowest BCUT2D eigenvalue weighted by molar-refractivity contribution is -0.135. The molecule has 1 aliphatic heterocycles. The Labute approximate surface area is 275 Å². The summed E-state index contributed by atoms with van der Waals surface area (Å²) in [5, 5.41) is 11.2. The molecular formula is C33H39N9O4S. The highest BCUT2D eigenvalue weighted by atomic mass is 32.1. The summed E-state index contributed by atoms with van der Waals surface area (Å²) in [5.41, 5.74) is 8.39. The first-order chi connectivity index (χ1) is 22.4. The Bertz CT molecular complexity index is 1960. The minimum Gasteiger partial charge on any atom is -0.382 e. The first-order valence-corrected chi connectivity index (χ1v) is 16.3. The van der Waals surface area contributed by atoms with Gasteiger partial charge in [0.15, 0.2) is 0 Å². The predicted molar refractivity (Wildman–Crippen MR) is 184 cm³/mol. The summed E-state index contributed by atoms with van der Waals surface area (Å²) in [7, 11) is 0. The maximum atomic E-state index is 13.4. The van der Waals surface area contributed by atoms with E-state index in [4.69, 9.17) is 11.1 Å². The molecule has 2 amide bonds. The summed E-state index contributed by atoms with van der Waals surface area (Å²) >= 11 is 1.19. The van der Waals surface area contributed by atoms with Crippen LogP contribution in [0.3, 0.4) is 0 Å². The molecule has 47 heavy (non-hydrogen) atoms. The Kier molecular flexibility index (Phi) is 9.70. The van der Waals surface area contributed by atoms with Crippen LogP contribution >= 0.6 is 11.3 Å². The van der Waals surface area contributed by atoms with Gasteiger partial charge in [-0.3, -0.25) is 24.4 Å².